The Kier molecular flexibility index (Phi) is 6.19. The second-order valence-corrected chi connectivity index (χ2v) is 10.6. The first-order valence-corrected chi connectivity index (χ1v) is 12.3. The molecule has 0 saturated carbocycles. The molecule has 3 N–H and O–H groups in total. The molecule has 1 aliphatic carbocycles. The largest absolute Gasteiger partial charge is 0.444 e. The van der Waals surface area contributed by atoms with Gasteiger partial charge >= 0.3 is 6.09 Å². The summed E-state index contributed by atoms with van der Waals surface area (Å²) in [5, 5.41) is 8.66. The highest BCUT2D eigenvalue weighted by atomic mass is 16.6. The minimum absolute atomic E-state index is 0.00283. The molecule has 0 radical (unpaired) electrons. The second-order valence-electron chi connectivity index (χ2n) is 10.6. The molecule has 1 aliphatic heterocycles. The van der Waals surface area contributed by atoms with Crippen molar-refractivity contribution in [1.29, 1.82) is 0 Å². The molecule has 0 bridgehead atoms. The average Bonchev–Trinajstić information content (AvgIpc) is 3.37. The van der Waals surface area contributed by atoms with E-state index in [1.54, 1.807) is 12.3 Å². The number of hydrogen-bond acceptors (Lipinski definition) is 5. The zero-order valence-corrected chi connectivity index (χ0v) is 21.2. The van der Waals surface area contributed by atoms with E-state index in [1.807, 2.05) is 69.3 Å². The number of pyridine rings is 1. The molecular weight excluding hydrogens is 468 g/mol. The van der Waals surface area contributed by atoms with Crippen LogP contribution in [0, 0.1) is 0 Å². The Bertz CT molecular complexity index is 1390. The van der Waals surface area contributed by atoms with Crippen LogP contribution < -0.4 is 16.0 Å². The van der Waals surface area contributed by atoms with Gasteiger partial charge in [-0.2, -0.15) is 0 Å². The van der Waals surface area contributed by atoms with E-state index >= 15 is 0 Å². The van der Waals surface area contributed by atoms with Gasteiger partial charge in [-0.25, -0.2) is 4.79 Å². The zero-order valence-electron chi connectivity index (χ0n) is 21.2. The van der Waals surface area contributed by atoms with Crippen LogP contribution in [-0.2, 0) is 40.9 Å². The number of hydrogen-bond donors (Lipinski definition) is 3. The van der Waals surface area contributed by atoms with Crippen molar-refractivity contribution in [2.75, 3.05) is 5.32 Å². The van der Waals surface area contributed by atoms with Crippen LogP contribution in [0.3, 0.4) is 0 Å². The number of amides is 3. The Morgan fingerprint density at radius 1 is 0.973 bits per heavy atom. The van der Waals surface area contributed by atoms with Gasteiger partial charge in [0.05, 0.1) is 5.41 Å². The summed E-state index contributed by atoms with van der Waals surface area (Å²) in [6.07, 6.45) is 2.36. The second kappa shape index (κ2) is 9.35. The minimum atomic E-state index is -0.635. The molecule has 5 rings (SSSR count). The van der Waals surface area contributed by atoms with Gasteiger partial charge in [-0.05, 0) is 73.6 Å². The average molecular weight is 499 g/mol. The van der Waals surface area contributed by atoms with Crippen molar-refractivity contribution in [3.8, 4) is 0 Å². The maximum absolute atomic E-state index is 12.9. The molecule has 1 spiro atoms. The summed E-state index contributed by atoms with van der Waals surface area (Å²) < 4.78 is 5.27. The fourth-order valence-corrected chi connectivity index (χ4v) is 5.02. The lowest BCUT2D eigenvalue weighted by atomic mass is 9.79. The molecule has 2 heterocycles. The summed E-state index contributed by atoms with van der Waals surface area (Å²) in [7, 11) is 0. The predicted octanol–water partition coefficient (Wildman–Crippen LogP) is 4.03. The van der Waals surface area contributed by atoms with Crippen LogP contribution in [0.4, 0.5) is 10.5 Å². The number of alkyl carbamates (subject to hydrolysis) is 1. The first-order chi connectivity index (χ1) is 17.6. The Morgan fingerprint density at radius 2 is 1.68 bits per heavy atom. The lowest BCUT2D eigenvalue weighted by Crippen LogP contribution is -2.35. The molecule has 8 nitrogen and oxygen atoms in total. The van der Waals surface area contributed by atoms with Crippen LogP contribution in [0.15, 0.2) is 60.8 Å². The molecule has 0 saturated heterocycles. The number of ether oxygens (including phenoxy) is 1. The van der Waals surface area contributed by atoms with Crippen molar-refractivity contribution in [2.45, 2.75) is 57.7 Å². The van der Waals surface area contributed by atoms with Gasteiger partial charge in [0.25, 0.3) is 5.91 Å². The Balaban J connectivity index is 1.21. The highest BCUT2D eigenvalue weighted by Crippen LogP contribution is 2.47. The number of carbonyl (C=O) groups is 3. The number of rotatable bonds is 5. The number of nitrogens with zero attached hydrogens (tertiary/aromatic N) is 1. The molecule has 1 aromatic heterocycles. The highest BCUT2D eigenvalue weighted by molar-refractivity contribution is 6.07. The fraction of sp³-hybridized carbons (Fsp3) is 0.310. The summed E-state index contributed by atoms with van der Waals surface area (Å²) in [5.41, 5.74) is 4.75. The third kappa shape index (κ3) is 5.05. The van der Waals surface area contributed by atoms with Gasteiger partial charge in [0.1, 0.15) is 11.3 Å². The van der Waals surface area contributed by atoms with Crippen LogP contribution >= 0.6 is 0 Å². The van der Waals surface area contributed by atoms with Crippen molar-refractivity contribution < 1.29 is 19.1 Å². The van der Waals surface area contributed by atoms with E-state index in [1.165, 1.54) is 0 Å². The monoisotopic (exact) mass is 498 g/mol. The van der Waals surface area contributed by atoms with E-state index in [-0.39, 0.29) is 11.8 Å². The summed E-state index contributed by atoms with van der Waals surface area (Å²) >= 11 is 0. The normalized spacial score (nSPS) is 17.6. The van der Waals surface area contributed by atoms with E-state index in [0.717, 1.165) is 33.5 Å². The van der Waals surface area contributed by atoms with Crippen LogP contribution in [0.2, 0.25) is 0 Å². The topological polar surface area (TPSA) is 109 Å². The van der Waals surface area contributed by atoms with Gasteiger partial charge in [-0.3, -0.25) is 14.6 Å². The number of aromatic nitrogens is 1. The molecule has 1 unspecified atom stereocenters. The zero-order chi connectivity index (χ0) is 26.2. The van der Waals surface area contributed by atoms with Gasteiger partial charge < -0.3 is 20.7 Å². The highest BCUT2D eigenvalue weighted by Gasteiger charge is 2.50. The van der Waals surface area contributed by atoms with Crippen molar-refractivity contribution in [3.63, 3.8) is 0 Å². The lowest BCUT2D eigenvalue weighted by Gasteiger charge is -2.20. The number of nitrogens with one attached hydrogen (secondary N) is 3. The van der Waals surface area contributed by atoms with Crippen molar-refractivity contribution >= 4 is 23.6 Å². The summed E-state index contributed by atoms with van der Waals surface area (Å²) in [6, 6.07) is 17.2. The Morgan fingerprint density at radius 3 is 2.43 bits per heavy atom. The number of anilines is 1. The van der Waals surface area contributed by atoms with Gasteiger partial charge in [0.15, 0.2) is 0 Å². The molecule has 190 valence electrons. The van der Waals surface area contributed by atoms with Crippen molar-refractivity contribution in [3.05, 3.63) is 94.3 Å². The van der Waals surface area contributed by atoms with Gasteiger partial charge in [0.2, 0.25) is 5.91 Å². The van der Waals surface area contributed by atoms with Crippen LogP contribution in [-0.4, -0.2) is 28.5 Å². The van der Waals surface area contributed by atoms with Crippen LogP contribution in [0.25, 0.3) is 0 Å². The first kappa shape index (κ1) is 24.5. The molecule has 3 aromatic rings. The van der Waals surface area contributed by atoms with Crippen LogP contribution in [0.1, 0.15) is 59.1 Å². The van der Waals surface area contributed by atoms with E-state index in [4.69, 9.17) is 4.74 Å². The molecular formula is C29H30N4O4. The van der Waals surface area contributed by atoms with Crippen molar-refractivity contribution in [2.24, 2.45) is 0 Å². The minimum Gasteiger partial charge on any atom is -0.444 e. The summed E-state index contributed by atoms with van der Waals surface area (Å²) in [4.78, 5) is 42.1. The van der Waals surface area contributed by atoms with Crippen LogP contribution in [0.5, 0.6) is 0 Å². The summed E-state index contributed by atoms with van der Waals surface area (Å²) in [6.45, 7) is 6.08. The Hall–Kier alpha value is -4.20. The molecule has 0 fully saturated rings. The third-order valence-electron chi connectivity index (χ3n) is 6.71. The maximum atomic E-state index is 12.9. The number of para-hydroxylation sites is 1. The van der Waals surface area contributed by atoms with Gasteiger partial charge in [-0.15, -0.1) is 0 Å². The van der Waals surface area contributed by atoms with Gasteiger partial charge in [-0.1, -0.05) is 42.5 Å². The molecule has 1 atom stereocenters. The van der Waals surface area contributed by atoms with E-state index in [2.05, 4.69) is 20.9 Å². The molecule has 2 aliphatic rings. The standard InChI is InChI=1S/C29H30N4O4/c1-28(2,3)37-27(36)32-16-19-8-6-7-18(11-19)15-31-25(34)24-12-20-13-29(14-21(20)17-30-24)22-9-4-5-10-23(22)33-26(29)35/h4-12,17H,13-16H2,1-3H3,(H,31,34)(H,32,36)(H,33,35). The number of benzene rings is 2. The first-order valence-electron chi connectivity index (χ1n) is 12.3. The quantitative estimate of drug-likeness (QED) is 0.492. The van der Waals surface area contributed by atoms with E-state index in [0.29, 0.717) is 31.6 Å². The third-order valence-corrected chi connectivity index (χ3v) is 6.71. The number of carbonyl (C=O) groups excluding carboxylic acids is 3. The predicted molar refractivity (Wildman–Crippen MR) is 139 cm³/mol. The smallest absolute Gasteiger partial charge is 0.407 e. The van der Waals surface area contributed by atoms with Gasteiger partial charge in [0, 0.05) is 25.0 Å². The molecule has 2 aromatic carbocycles. The fourth-order valence-electron chi connectivity index (χ4n) is 5.02. The number of fused-ring (bicyclic) bond motifs is 3. The molecule has 8 heteroatoms. The van der Waals surface area contributed by atoms with E-state index in [9.17, 15) is 14.4 Å². The molecule has 37 heavy (non-hydrogen) atoms. The lowest BCUT2D eigenvalue weighted by molar-refractivity contribution is -0.120. The summed E-state index contributed by atoms with van der Waals surface area (Å²) in [5.74, 6) is -0.283. The van der Waals surface area contributed by atoms with E-state index < -0.39 is 17.1 Å². The SMILES string of the molecule is CC(C)(C)OC(=O)NCc1cccc(CNC(=O)c2cc3c(cn2)CC2(C3)C(=O)Nc3ccccc32)c1. The van der Waals surface area contributed by atoms with Crippen molar-refractivity contribution in [1.82, 2.24) is 15.6 Å². The maximum Gasteiger partial charge on any atom is 0.407 e. The Labute approximate surface area is 215 Å². The molecule has 3 amide bonds.